The molecule has 0 aliphatic rings. The Morgan fingerprint density at radius 1 is 1.09 bits per heavy atom. The summed E-state index contributed by atoms with van der Waals surface area (Å²) in [6.07, 6.45) is 0. The van der Waals surface area contributed by atoms with E-state index in [1.807, 2.05) is 0 Å². The van der Waals surface area contributed by atoms with Crippen molar-refractivity contribution in [2.24, 2.45) is 0 Å². The van der Waals surface area contributed by atoms with Crippen LogP contribution in [0.5, 0.6) is 0 Å². The van der Waals surface area contributed by atoms with E-state index in [2.05, 4.69) is 0 Å². The molecule has 0 aliphatic heterocycles. The normalized spacial score (nSPS) is 10.5. The van der Waals surface area contributed by atoms with Crippen LogP contribution in [-0.4, -0.2) is 17.5 Å². The van der Waals surface area contributed by atoms with E-state index >= 15 is 0 Å². The predicted octanol–water partition coefficient (Wildman–Crippen LogP) is -5.20. The van der Waals surface area contributed by atoms with Gasteiger partial charge in [-0.1, -0.05) is 0 Å². The van der Waals surface area contributed by atoms with Crippen molar-refractivity contribution in [2.75, 3.05) is 0 Å². The van der Waals surface area contributed by atoms with E-state index in [0.717, 1.165) is 0 Å². The average molecular weight is 256 g/mol. The molecule has 0 fully saturated rings. The van der Waals surface area contributed by atoms with Crippen molar-refractivity contribution in [1.29, 1.82) is 0 Å². The van der Waals surface area contributed by atoms with Crippen molar-refractivity contribution in [3.05, 3.63) is 0 Å². The molecule has 0 bridgehead atoms. The Hall–Kier alpha value is 1.39. The van der Waals surface area contributed by atoms with Crippen molar-refractivity contribution >= 4 is 10.4 Å². The molecule has 0 atom stereocenters. The zero-order valence-electron chi connectivity index (χ0n) is 5.13. The molecular weight excluding hydrogens is 254 g/mol. The third kappa shape index (κ3) is 522. The molecule has 0 aromatic rings. The molecule has 0 aromatic heterocycles. The van der Waals surface area contributed by atoms with Gasteiger partial charge in [-0.25, -0.2) is 0 Å². The molecular formula is H2KMnO8S. The van der Waals surface area contributed by atoms with Gasteiger partial charge in [0.05, 0.1) is 0 Å². The Labute approximate surface area is 106 Å². The monoisotopic (exact) mass is 256 g/mol. The predicted molar refractivity (Wildman–Crippen MR) is 16.2 cm³/mol. The van der Waals surface area contributed by atoms with Crippen molar-refractivity contribution in [3.63, 3.8) is 0 Å². The van der Waals surface area contributed by atoms with Gasteiger partial charge in [-0.3, -0.25) is 9.11 Å². The third-order valence-electron chi connectivity index (χ3n) is 0. The Morgan fingerprint density at radius 3 is 1.09 bits per heavy atom. The minimum atomic E-state index is -5.62. The molecule has 0 rings (SSSR count). The van der Waals surface area contributed by atoms with E-state index in [1.165, 1.54) is 0 Å². The van der Waals surface area contributed by atoms with Crippen LogP contribution in [0.2, 0.25) is 0 Å². The summed E-state index contributed by atoms with van der Waals surface area (Å²) in [6.45, 7) is 0. The number of hydrogen-bond acceptors (Lipinski definition) is 6. The Morgan fingerprint density at radius 2 is 1.09 bits per heavy atom. The van der Waals surface area contributed by atoms with Gasteiger partial charge in [0.1, 0.15) is 0 Å². The SMILES string of the molecule is O=S(=O)(O)O.[K+].[O]=[Mn](=[O])(=[O])[O-]. The zero-order chi connectivity index (χ0) is 9.00. The van der Waals surface area contributed by atoms with E-state index in [0.29, 0.717) is 0 Å². The Kier molecular flexibility index (Phi) is 11.4. The molecule has 0 amide bonds. The first-order valence-corrected chi connectivity index (χ1v) is 4.64. The molecule has 0 aliphatic carbocycles. The molecule has 2 N–H and O–H groups in total. The minimum absolute atomic E-state index is 0. The second kappa shape index (κ2) is 6.85. The van der Waals surface area contributed by atoms with Gasteiger partial charge in [0.15, 0.2) is 0 Å². The fourth-order valence-electron chi connectivity index (χ4n) is 0. The van der Waals surface area contributed by atoms with Crippen molar-refractivity contribution in [3.8, 4) is 0 Å². The van der Waals surface area contributed by atoms with Gasteiger partial charge in [0.25, 0.3) is 0 Å². The number of hydrogen-bond donors (Lipinski definition) is 2. The van der Waals surface area contributed by atoms with E-state index < -0.39 is 23.4 Å². The molecule has 0 radical (unpaired) electrons. The quantitative estimate of drug-likeness (QED) is 0.322. The van der Waals surface area contributed by atoms with Crippen LogP contribution in [0, 0.1) is 0 Å². The first-order valence-electron chi connectivity index (χ1n) is 1.32. The summed E-state index contributed by atoms with van der Waals surface area (Å²) in [5.74, 6) is 0. The summed E-state index contributed by atoms with van der Waals surface area (Å²) in [5.41, 5.74) is 0. The maximum absolute atomic E-state index is 8.74. The first-order chi connectivity index (χ1) is 4.00. The van der Waals surface area contributed by atoms with Crippen molar-refractivity contribution in [1.82, 2.24) is 0 Å². The first kappa shape index (κ1) is 18.2. The van der Waals surface area contributed by atoms with Crippen LogP contribution in [0.3, 0.4) is 0 Å². The van der Waals surface area contributed by atoms with Gasteiger partial charge in [0, 0.05) is 0 Å². The molecule has 8 nitrogen and oxygen atoms in total. The van der Waals surface area contributed by atoms with Crippen LogP contribution >= 0.6 is 0 Å². The maximum atomic E-state index is 8.74. The Balaban J connectivity index is -0.000000107. The van der Waals surface area contributed by atoms with Gasteiger partial charge in [-0.05, 0) is 0 Å². The summed E-state index contributed by atoms with van der Waals surface area (Å²) in [5, 5.41) is 0. The van der Waals surface area contributed by atoms with Crippen LogP contribution in [0.1, 0.15) is 0 Å². The average Bonchev–Trinajstić information content (AvgIpc) is 1.12. The fourth-order valence-corrected chi connectivity index (χ4v) is 0. The molecule has 0 heterocycles. The molecule has 0 saturated carbocycles. The molecule has 64 valence electrons. The summed E-state index contributed by atoms with van der Waals surface area (Å²) in [4.78, 5) is 0. The topological polar surface area (TPSA) is 149 Å². The van der Waals surface area contributed by atoms with Gasteiger partial charge in [-0.15, -0.1) is 0 Å². The fraction of sp³-hybridized carbons (Fsp3) is 0. The third-order valence-corrected chi connectivity index (χ3v) is 0. The van der Waals surface area contributed by atoms with Gasteiger partial charge < -0.3 is 0 Å². The van der Waals surface area contributed by atoms with Gasteiger partial charge in [0.2, 0.25) is 0 Å². The summed E-state index contributed by atoms with van der Waals surface area (Å²) < 4.78 is 65.9. The van der Waals surface area contributed by atoms with Crippen LogP contribution in [-0.2, 0) is 34.9 Å². The molecule has 0 aromatic carbocycles. The standard InChI is InChI=1S/K.Mn.H2O4S.4O/c;;1-5(2,3)4;;;;/h;;(H2,1,2,3,4);;;;/q+1;;;;;;-1. The molecule has 0 saturated heterocycles. The molecule has 11 heavy (non-hydrogen) atoms. The van der Waals surface area contributed by atoms with Crippen molar-refractivity contribution in [2.45, 2.75) is 0 Å². The molecule has 0 spiro atoms. The van der Waals surface area contributed by atoms with Gasteiger partial charge in [-0.2, -0.15) is 8.42 Å². The number of rotatable bonds is 0. The van der Waals surface area contributed by atoms with Gasteiger partial charge >= 0.3 is 90.4 Å². The van der Waals surface area contributed by atoms with Crippen LogP contribution in [0.25, 0.3) is 0 Å². The van der Waals surface area contributed by atoms with E-state index in [-0.39, 0.29) is 51.4 Å². The second-order valence-electron chi connectivity index (χ2n) is 0.826. The van der Waals surface area contributed by atoms with E-state index in [1.54, 1.807) is 0 Å². The summed E-state index contributed by atoms with van der Waals surface area (Å²) in [6, 6.07) is 0. The van der Waals surface area contributed by atoms with Crippen LogP contribution in [0.15, 0.2) is 0 Å². The molecule has 11 heteroatoms. The van der Waals surface area contributed by atoms with Crippen LogP contribution in [0.4, 0.5) is 0 Å². The summed E-state index contributed by atoms with van der Waals surface area (Å²) >= 11 is -5.62. The molecule has 0 unspecified atom stereocenters. The van der Waals surface area contributed by atoms with Crippen molar-refractivity contribution < 1.29 is 97.6 Å². The Bertz CT molecular complexity index is 289. The summed E-state index contributed by atoms with van der Waals surface area (Å²) in [7, 11) is -4.67. The van der Waals surface area contributed by atoms with E-state index in [9.17, 15) is 0 Å². The van der Waals surface area contributed by atoms with E-state index in [4.69, 9.17) is 33.2 Å². The zero-order valence-corrected chi connectivity index (χ0v) is 10.3. The van der Waals surface area contributed by atoms with Crippen LogP contribution < -0.4 is 55.6 Å². The second-order valence-corrected chi connectivity index (χ2v) is 2.90.